The van der Waals surface area contributed by atoms with Gasteiger partial charge in [-0.25, -0.2) is 0 Å². The monoisotopic (exact) mass is 368 g/mol. The minimum atomic E-state index is -0.255. The molecule has 5 nitrogen and oxygen atoms in total. The highest BCUT2D eigenvalue weighted by Gasteiger charge is 2.18. The van der Waals surface area contributed by atoms with Crippen molar-refractivity contribution in [3.05, 3.63) is 65.6 Å². The lowest BCUT2D eigenvalue weighted by molar-refractivity contribution is -0.122. The molecule has 0 aliphatic heterocycles. The molecule has 144 valence electrons. The molecule has 0 spiro atoms. The molecular formula is C22H28N2O3. The summed E-state index contributed by atoms with van der Waals surface area (Å²) in [6.07, 6.45) is 5.75. The van der Waals surface area contributed by atoms with Crippen LogP contribution in [-0.2, 0) is 16.0 Å². The molecule has 1 heterocycles. The van der Waals surface area contributed by atoms with Gasteiger partial charge in [-0.1, -0.05) is 45.0 Å². The molecule has 0 bridgehead atoms. The Kier molecular flexibility index (Phi) is 7.86. The molecule has 2 aromatic rings. The van der Waals surface area contributed by atoms with Gasteiger partial charge in [0.2, 0.25) is 11.8 Å². The predicted molar refractivity (Wildman–Crippen MR) is 107 cm³/mol. The van der Waals surface area contributed by atoms with E-state index in [1.54, 1.807) is 24.5 Å². The Bertz CT molecular complexity index is 746. The molecule has 1 atom stereocenters. The number of hydrogen-bond donors (Lipinski definition) is 2. The van der Waals surface area contributed by atoms with E-state index in [2.05, 4.69) is 55.7 Å². The van der Waals surface area contributed by atoms with Gasteiger partial charge in [-0.3, -0.25) is 9.59 Å². The number of aryl methyl sites for hydroxylation is 1. The topological polar surface area (TPSA) is 71.3 Å². The maximum Gasteiger partial charge on any atom is 0.244 e. The second-order valence-corrected chi connectivity index (χ2v) is 6.77. The molecule has 1 unspecified atom stereocenters. The Hall–Kier alpha value is -2.82. The van der Waals surface area contributed by atoms with E-state index in [9.17, 15) is 9.59 Å². The lowest BCUT2D eigenvalue weighted by Gasteiger charge is -2.23. The van der Waals surface area contributed by atoms with E-state index >= 15 is 0 Å². The Balaban J connectivity index is 1.80. The van der Waals surface area contributed by atoms with Crippen molar-refractivity contribution >= 4 is 17.9 Å². The standard InChI is InChI=1S/C22H28N2O3/c1-4-17-7-9-18(10-8-17)22(16(2)3)24-21(26)13-14-23-20(25)12-11-19-6-5-15-27-19/h5-12,15-16,22H,4,13-14H2,1-3H3,(H,23,25)(H,24,26)/b12-11+. The Morgan fingerprint density at radius 3 is 2.48 bits per heavy atom. The van der Waals surface area contributed by atoms with Crippen molar-refractivity contribution in [2.75, 3.05) is 6.54 Å². The van der Waals surface area contributed by atoms with Crippen LogP contribution >= 0.6 is 0 Å². The molecule has 1 aromatic heterocycles. The van der Waals surface area contributed by atoms with Gasteiger partial charge in [-0.15, -0.1) is 0 Å². The molecule has 0 saturated heterocycles. The molecule has 2 amide bonds. The van der Waals surface area contributed by atoms with Gasteiger partial charge < -0.3 is 15.1 Å². The minimum Gasteiger partial charge on any atom is -0.465 e. The van der Waals surface area contributed by atoms with Crippen molar-refractivity contribution in [1.29, 1.82) is 0 Å². The molecular weight excluding hydrogens is 340 g/mol. The largest absolute Gasteiger partial charge is 0.465 e. The van der Waals surface area contributed by atoms with Gasteiger partial charge in [-0.2, -0.15) is 0 Å². The van der Waals surface area contributed by atoms with Gasteiger partial charge in [-0.05, 0) is 41.7 Å². The first-order valence-corrected chi connectivity index (χ1v) is 9.37. The maximum absolute atomic E-state index is 12.3. The average Bonchev–Trinajstić information content (AvgIpc) is 3.18. The molecule has 5 heteroatoms. The Morgan fingerprint density at radius 1 is 1.15 bits per heavy atom. The van der Waals surface area contributed by atoms with Crippen LogP contribution in [0.15, 0.2) is 53.2 Å². The van der Waals surface area contributed by atoms with E-state index < -0.39 is 0 Å². The highest BCUT2D eigenvalue weighted by Crippen LogP contribution is 2.22. The van der Waals surface area contributed by atoms with Gasteiger partial charge >= 0.3 is 0 Å². The van der Waals surface area contributed by atoms with Crippen LogP contribution in [0.25, 0.3) is 6.08 Å². The number of carbonyl (C=O) groups excluding carboxylic acids is 2. The van der Waals surface area contributed by atoms with Crippen LogP contribution in [0.3, 0.4) is 0 Å². The zero-order chi connectivity index (χ0) is 19.6. The van der Waals surface area contributed by atoms with Gasteiger partial charge in [0, 0.05) is 19.0 Å². The predicted octanol–water partition coefficient (Wildman–Crippen LogP) is 3.88. The van der Waals surface area contributed by atoms with Crippen molar-refractivity contribution in [2.45, 2.75) is 39.7 Å². The first-order chi connectivity index (χ1) is 13.0. The Morgan fingerprint density at radius 2 is 1.89 bits per heavy atom. The molecule has 27 heavy (non-hydrogen) atoms. The van der Waals surface area contributed by atoms with Crippen LogP contribution in [0.4, 0.5) is 0 Å². The van der Waals surface area contributed by atoms with Crippen LogP contribution in [0.2, 0.25) is 0 Å². The zero-order valence-electron chi connectivity index (χ0n) is 16.2. The van der Waals surface area contributed by atoms with Crippen molar-refractivity contribution in [1.82, 2.24) is 10.6 Å². The molecule has 0 saturated carbocycles. The normalized spacial score (nSPS) is 12.3. The van der Waals surface area contributed by atoms with Crippen molar-refractivity contribution in [3.63, 3.8) is 0 Å². The fourth-order valence-corrected chi connectivity index (χ4v) is 2.74. The third-order valence-electron chi connectivity index (χ3n) is 4.32. The summed E-state index contributed by atoms with van der Waals surface area (Å²) in [6, 6.07) is 11.8. The first kappa shape index (κ1) is 20.5. The number of benzene rings is 1. The summed E-state index contributed by atoms with van der Waals surface area (Å²) < 4.78 is 5.12. The maximum atomic E-state index is 12.3. The average molecular weight is 368 g/mol. The third kappa shape index (κ3) is 6.77. The van der Waals surface area contributed by atoms with E-state index in [-0.39, 0.29) is 36.7 Å². The Labute approximate surface area is 160 Å². The second kappa shape index (κ2) is 10.4. The van der Waals surface area contributed by atoms with Crippen LogP contribution in [0, 0.1) is 5.92 Å². The zero-order valence-corrected chi connectivity index (χ0v) is 16.2. The fraction of sp³-hybridized carbons (Fsp3) is 0.364. The van der Waals surface area contributed by atoms with E-state index in [0.29, 0.717) is 5.76 Å². The van der Waals surface area contributed by atoms with E-state index in [4.69, 9.17) is 4.42 Å². The molecule has 0 radical (unpaired) electrons. The molecule has 0 aliphatic rings. The summed E-state index contributed by atoms with van der Waals surface area (Å²) in [5.74, 6) is 0.544. The first-order valence-electron chi connectivity index (χ1n) is 9.37. The lowest BCUT2D eigenvalue weighted by Crippen LogP contribution is -2.34. The summed E-state index contributed by atoms with van der Waals surface area (Å²) in [4.78, 5) is 24.0. The number of amides is 2. The van der Waals surface area contributed by atoms with Crippen LogP contribution < -0.4 is 10.6 Å². The number of nitrogens with one attached hydrogen (secondary N) is 2. The molecule has 2 rings (SSSR count). The number of furan rings is 1. The highest BCUT2D eigenvalue weighted by atomic mass is 16.3. The summed E-state index contributed by atoms with van der Waals surface area (Å²) in [7, 11) is 0. The van der Waals surface area contributed by atoms with Gasteiger partial charge in [0.25, 0.3) is 0 Å². The summed E-state index contributed by atoms with van der Waals surface area (Å²) in [5, 5.41) is 5.78. The quantitative estimate of drug-likeness (QED) is 0.660. The van der Waals surface area contributed by atoms with E-state index in [1.807, 2.05) is 0 Å². The SMILES string of the molecule is CCc1ccc(C(NC(=O)CCNC(=O)/C=C/c2ccco2)C(C)C)cc1. The highest BCUT2D eigenvalue weighted by molar-refractivity contribution is 5.91. The number of carbonyl (C=O) groups is 2. The van der Waals surface area contributed by atoms with Gasteiger partial charge in [0.15, 0.2) is 0 Å². The molecule has 0 aliphatic carbocycles. The van der Waals surface area contributed by atoms with E-state index in [1.165, 1.54) is 11.6 Å². The number of hydrogen-bond acceptors (Lipinski definition) is 3. The van der Waals surface area contributed by atoms with Crippen molar-refractivity contribution in [3.8, 4) is 0 Å². The van der Waals surface area contributed by atoms with E-state index in [0.717, 1.165) is 12.0 Å². The van der Waals surface area contributed by atoms with Crippen LogP contribution in [-0.4, -0.2) is 18.4 Å². The second-order valence-electron chi connectivity index (χ2n) is 6.77. The molecule has 0 fully saturated rings. The van der Waals surface area contributed by atoms with Crippen LogP contribution in [0.5, 0.6) is 0 Å². The molecule has 1 aromatic carbocycles. The van der Waals surface area contributed by atoms with Gasteiger partial charge in [0.1, 0.15) is 5.76 Å². The number of rotatable bonds is 9. The van der Waals surface area contributed by atoms with Crippen molar-refractivity contribution < 1.29 is 14.0 Å². The van der Waals surface area contributed by atoms with Gasteiger partial charge in [0.05, 0.1) is 12.3 Å². The summed E-state index contributed by atoms with van der Waals surface area (Å²) in [5.41, 5.74) is 2.37. The minimum absolute atomic E-state index is 0.0436. The summed E-state index contributed by atoms with van der Waals surface area (Å²) in [6.45, 7) is 6.57. The van der Waals surface area contributed by atoms with Crippen LogP contribution in [0.1, 0.15) is 50.1 Å². The van der Waals surface area contributed by atoms with Crippen molar-refractivity contribution in [2.24, 2.45) is 5.92 Å². The molecule has 2 N–H and O–H groups in total. The lowest BCUT2D eigenvalue weighted by atomic mass is 9.94. The summed E-state index contributed by atoms with van der Waals surface area (Å²) >= 11 is 0. The smallest absolute Gasteiger partial charge is 0.244 e. The third-order valence-corrected chi connectivity index (χ3v) is 4.32. The fourth-order valence-electron chi connectivity index (χ4n) is 2.74.